The molecule has 0 aromatic rings. The zero-order valence-corrected chi connectivity index (χ0v) is 5.80. The van der Waals surface area contributed by atoms with E-state index in [-0.39, 0.29) is 6.09 Å². The summed E-state index contributed by atoms with van der Waals surface area (Å²) in [7, 11) is 0. The average Bonchev–Trinajstić information content (AvgIpc) is 2.67. The number of nitrogens with two attached hydrogens (primary N) is 1. The molecule has 0 unspecified atom stereocenters. The highest BCUT2D eigenvalue weighted by molar-refractivity contribution is 5.67. The molecule has 1 aliphatic carbocycles. The minimum atomic E-state index is -0.340. The molecule has 0 radical (unpaired) electrons. The van der Waals surface area contributed by atoms with E-state index in [0.717, 1.165) is 12.8 Å². The fraction of sp³-hybridized carbons (Fsp3) is 0.833. The summed E-state index contributed by atoms with van der Waals surface area (Å²) in [6.45, 7) is 0.691. The SMILES string of the molecule is NCCOC(=O)NC1CC1. The Morgan fingerprint density at radius 3 is 2.90 bits per heavy atom. The molecule has 0 atom stereocenters. The normalized spacial score (nSPS) is 16.5. The Hall–Kier alpha value is -0.770. The molecule has 1 rings (SSSR count). The van der Waals surface area contributed by atoms with Crippen LogP contribution in [0.3, 0.4) is 0 Å². The zero-order chi connectivity index (χ0) is 7.40. The molecule has 3 N–H and O–H groups in total. The smallest absolute Gasteiger partial charge is 0.407 e. The van der Waals surface area contributed by atoms with Crippen LogP contribution in [0, 0.1) is 0 Å². The van der Waals surface area contributed by atoms with E-state index in [0.29, 0.717) is 19.2 Å². The van der Waals surface area contributed by atoms with Crippen LogP contribution >= 0.6 is 0 Å². The van der Waals surface area contributed by atoms with Gasteiger partial charge < -0.3 is 15.8 Å². The van der Waals surface area contributed by atoms with Crippen LogP contribution < -0.4 is 11.1 Å². The van der Waals surface area contributed by atoms with Crippen LogP contribution in [0.5, 0.6) is 0 Å². The van der Waals surface area contributed by atoms with Crippen LogP contribution in [0.4, 0.5) is 4.79 Å². The average molecular weight is 144 g/mol. The van der Waals surface area contributed by atoms with E-state index in [4.69, 9.17) is 5.73 Å². The van der Waals surface area contributed by atoms with E-state index in [2.05, 4.69) is 10.1 Å². The van der Waals surface area contributed by atoms with Gasteiger partial charge in [0.1, 0.15) is 6.61 Å². The Balaban J connectivity index is 1.97. The number of nitrogens with one attached hydrogen (secondary N) is 1. The van der Waals surface area contributed by atoms with E-state index < -0.39 is 0 Å². The highest BCUT2D eigenvalue weighted by atomic mass is 16.5. The van der Waals surface area contributed by atoms with Gasteiger partial charge in [0, 0.05) is 12.6 Å². The Kier molecular flexibility index (Phi) is 2.50. The number of carbonyl (C=O) groups excluding carboxylic acids is 1. The van der Waals surface area contributed by atoms with Gasteiger partial charge in [0.25, 0.3) is 0 Å². The molecule has 0 aromatic heterocycles. The lowest BCUT2D eigenvalue weighted by Crippen LogP contribution is -2.28. The summed E-state index contributed by atoms with van der Waals surface area (Å²) >= 11 is 0. The molecule has 10 heavy (non-hydrogen) atoms. The summed E-state index contributed by atoms with van der Waals surface area (Å²) in [5.74, 6) is 0. The molecule has 58 valence electrons. The van der Waals surface area contributed by atoms with Crippen molar-refractivity contribution in [1.82, 2.24) is 5.32 Å². The fourth-order valence-electron chi connectivity index (χ4n) is 0.588. The van der Waals surface area contributed by atoms with Gasteiger partial charge in [0.2, 0.25) is 0 Å². The van der Waals surface area contributed by atoms with Crippen LogP contribution in [-0.4, -0.2) is 25.3 Å². The molecule has 0 aromatic carbocycles. The maximum Gasteiger partial charge on any atom is 0.407 e. The predicted octanol–water partition coefficient (Wildman–Crippen LogP) is -0.166. The summed E-state index contributed by atoms with van der Waals surface area (Å²) in [4.78, 5) is 10.7. The Labute approximate surface area is 59.7 Å². The molecule has 0 heterocycles. The Morgan fingerprint density at radius 2 is 2.40 bits per heavy atom. The van der Waals surface area contributed by atoms with Crippen LogP contribution in [0.25, 0.3) is 0 Å². The quantitative estimate of drug-likeness (QED) is 0.578. The van der Waals surface area contributed by atoms with E-state index in [1.807, 2.05) is 0 Å². The molecular formula is C6H12N2O2. The van der Waals surface area contributed by atoms with Crippen molar-refractivity contribution in [1.29, 1.82) is 0 Å². The van der Waals surface area contributed by atoms with Crippen LogP contribution in [-0.2, 0) is 4.74 Å². The third kappa shape index (κ3) is 2.68. The van der Waals surface area contributed by atoms with Crippen molar-refractivity contribution in [3.8, 4) is 0 Å². The van der Waals surface area contributed by atoms with Crippen molar-refractivity contribution < 1.29 is 9.53 Å². The van der Waals surface area contributed by atoms with Gasteiger partial charge in [-0.1, -0.05) is 0 Å². The summed E-state index contributed by atoms with van der Waals surface area (Å²) in [5, 5.41) is 2.67. The van der Waals surface area contributed by atoms with Crippen LogP contribution in [0.1, 0.15) is 12.8 Å². The number of alkyl carbamates (subject to hydrolysis) is 1. The molecule has 0 aliphatic heterocycles. The van der Waals surface area contributed by atoms with Gasteiger partial charge in [-0.3, -0.25) is 0 Å². The summed E-state index contributed by atoms with van der Waals surface area (Å²) < 4.78 is 4.67. The first kappa shape index (κ1) is 7.34. The lowest BCUT2D eigenvalue weighted by atomic mass is 10.7. The molecular weight excluding hydrogens is 132 g/mol. The monoisotopic (exact) mass is 144 g/mol. The number of hydrogen-bond donors (Lipinski definition) is 2. The van der Waals surface area contributed by atoms with Crippen molar-refractivity contribution in [2.24, 2.45) is 5.73 Å². The summed E-state index contributed by atoms with van der Waals surface area (Å²) in [5.41, 5.74) is 5.12. The van der Waals surface area contributed by atoms with Crippen LogP contribution in [0.2, 0.25) is 0 Å². The Morgan fingerprint density at radius 1 is 1.70 bits per heavy atom. The topological polar surface area (TPSA) is 64.3 Å². The molecule has 4 nitrogen and oxygen atoms in total. The maximum absolute atomic E-state index is 10.7. The molecule has 1 amide bonds. The largest absolute Gasteiger partial charge is 0.448 e. The zero-order valence-electron chi connectivity index (χ0n) is 5.80. The minimum Gasteiger partial charge on any atom is -0.448 e. The first-order chi connectivity index (χ1) is 4.83. The van der Waals surface area contributed by atoms with Crippen molar-refractivity contribution in [3.63, 3.8) is 0 Å². The van der Waals surface area contributed by atoms with Gasteiger partial charge in [0.15, 0.2) is 0 Å². The van der Waals surface area contributed by atoms with Gasteiger partial charge in [-0.15, -0.1) is 0 Å². The minimum absolute atomic E-state index is 0.304. The third-order valence-corrected chi connectivity index (χ3v) is 1.25. The fourth-order valence-corrected chi connectivity index (χ4v) is 0.588. The molecule has 4 heteroatoms. The van der Waals surface area contributed by atoms with E-state index in [9.17, 15) is 4.79 Å². The van der Waals surface area contributed by atoms with Crippen molar-refractivity contribution >= 4 is 6.09 Å². The number of hydrogen-bond acceptors (Lipinski definition) is 3. The predicted molar refractivity (Wildman–Crippen MR) is 36.6 cm³/mol. The second-order valence-corrected chi connectivity index (χ2v) is 2.34. The standard InChI is InChI=1S/C6H12N2O2/c7-3-4-10-6(9)8-5-1-2-5/h5H,1-4,7H2,(H,8,9). The third-order valence-electron chi connectivity index (χ3n) is 1.25. The van der Waals surface area contributed by atoms with Gasteiger partial charge in [-0.25, -0.2) is 4.79 Å². The number of amides is 1. The van der Waals surface area contributed by atoms with Crippen molar-refractivity contribution in [2.45, 2.75) is 18.9 Å². The van der Waals surface area contributed by atoms with Gasteiger partial charge in [0.05, 0.1) is 0 Å². The van der Waals surface area contributed by atoms with Crippen molar-refractivity contribution in [2.75, 3.05) is 13.2 Å². The van der Waals surface area contributed by atoms with E-state index in [1.165, 1.54) is 0 Å². The molecule has 1 fully saturated rings. The lowest BCUT2D eigenvalue weighted by molar-refractivity contribution is 0.149. The van der Waals surface area contributed by atoms with Crippen LogP contribution in [0.15, 0.2) is 0 Å². The highest BCUT2D eigenvalue weighted by Gasteiger charge is 2.23. The Bertz CT molecular complexity index is 123. The summed E-state index contributed by atoms with van der Waals surface area (Å²) in [6.07, 6.45) is 1.82. The van der Waals surface area contributed by atoms with E-state index in [1.54, 1.807) is 0 Å². The highest BCUT2D eigenvalue weighted by Crippen LogP contribution is 2.18. The molecule has 0 saturated heterocycles. The number of carbonyl (C=O) groups is 1. The second kappa shape index (κ2) is 3.41. The number of rotatable bonds is 3. The lowest BCUT2D eigenvalue weighted by Gasteiger charge is -2.02. The van der Waals surface area contributed by atoms with Gasteiger partial charge in [-0.2, -0.15) is 0 Å². The first-order valence-electron chi connectivity index (χ1n) is 3.46. The summed E-state index contributed by atoms with van der Waals surface area (Å²) in [6, 6.07) is 0.366. The van der Waals surface area contributed by atoms with Gasteiger partial charge in [-0.05, 0) is 12.8 Å². The molecule has 0 bridgehead atoms. The number of ether oxygens (including phenoxy) is 1. The first-order valence-corrected chi connectivity index (χ1v) is 3.46. The molecule has 0 spiro atoms. The maximum atomic E-state index is 10.7. The molecule has 1 saturated carbocycles. The van der Waals surface area contributed by atoms with E-state index >= 15 is 0 Å². The van der Waals surface area contributed by atoms with Crippen molar-refractivity contribution in [3.05, 3.63) is 0 Å². The molecule has 1 aliphatic rings. The van der Waals surface area contributed by atoms with Gasteiger partial charge >= 0.3 is 6.09 Å². The second-order valence-electron chi connectivity index (χ2n) is 2.34.